The lowest BCUT2D eigenvalue weighted by atomic mass is 10.1. The van der Waals surface area contributed by atoms with E-state index in [1.807, 2.05) is 56.3 Å². The van der Waals surface area contributed by atoms with Gasteiger partial charge < -0.3 is 15.7 Å². The third kappa shape index (κ3) is 2.83. The molecule has 2 amide bonds. The average molecular weight is 296 g/mol. The smallest absolute Gasteiger partial charge is 0.319 e. The number of amides is 2. The van der Waals surface area contributed by atoms with E-state index in [4.69, 9.17) is 0 Å². The summed E-state index contributed by atoms with van der Waals surface area (Å²) in [5.41, 5.74) is 4.97. The standard InChI is InChI=1S/C18H20N2O2/c1-11-7-8-12(2)15(9-11)19-18(22)20-17-14-6-4-3-5-13(14)10-16(17)21/h3-9,16-17,21H,10H2,1-2H3,(H2,19,20,22)/t16-,17+/m0/s1. The van der Waals surface area contributed by atoms with Gasteiger partial charge in [0.15, 0.2) is 0 Å². The molecule has 3 N–H and O–H groups in total. The monoisotopic (exact) mass is 296 g/mol. The molecular weight excluding hydrogens is 276 g/mol. The minimum absolute atomic E-state index is 0.297. The van der Waals surface area contributed by atoms with Crippen molar-refractivity contribution >= 4 is 11.7 Å². The van der Waals surface area contributed by atoms with E-state index in [1.54, 1.807) is 0 Å². The summed E-state index contributed by atoms with van der Waals surface area (Å²) in [4.78, 5) is 12.3. The lowest BCUT2D eigenvalue weighted by Crippen LogP contribution is -2.36. The number of fused-ring (bicyclic) bond motifs is 1. The molecule has 0 aliphatic heterocycles. The van der Waals surface area contributed by atoms with Crippen LogP contribution in [-0.4, -0.2) is 17.2 Å². The maximum Gasteiger partial charge on any atom is 0.319 e. The van der Waals surface area contributed by atoms with Crippen molar-refractivity contribution in [2.75, 3.05) is 5.32 Å². The van der Waals surface area contributed by atoms with Crippen LogP contribution >= 0.6 is 0 Å². The highest BCUT2D eigenvalue weighted by atomic mass is 16.3. The van der Waals surface area contributed by atoms with Gasteiger partial charge in [-0.15, -0.1) is 0 Å². The fraction of sp³-hybridized carbons (Fsp3) is 0.278. The third-order valence-electron chi connectivity index (χ3n) is 4.13. The van der Waals surface area contributed by atoms with E-state index in [9.17, 15) is 9.90 Å². The molecule has 0 aromatic heterocycles. The summed E-state index contributed by atoms with van der Waals surface area (Å²) in [5, 5.41) is 15.9. The van der Waals surface area contributed by atoms with E-state index in [0.29, 0.717) is 6.42 Å². The molecule has 0 saturated heterocycles. The van der Waals surface area contributed by atoms with Crippen LogP contribution in [0.2, 0.25) is 0 Å². The Morgan fingerprint density at radius 3 is 2.77 bits per heavy atom. The summed E-state index contributed by atoms with van der Waals surface area (Å²) in [5.74, 6) is 0. The second-order valence-electron chi connectivity index (χ2n) is 5.86. The molecule has 0 saturated carbocycles. The van der Waals surface area contributed by atoms with Crippen LogP contribution in [0.5, 0.6) is 0 Å². The van der Waals surface area contributed by atoms with Gasteiger partial charge in [-0.1, -0.05) is 36.4 Å². The van der Waals surface area contributed by atoms with Crippen molar-refractivity contribution in [2.45, 2.75) is 32.4 Å². The van der Waals surface area contributed by atoms with Gasteiger partial charge in [-0.2, -0.15) is 0 Å². The molecule has 0 unspecified atom stereocenters. The fourth-order valence-corrected chi connectivity index (χ4v) is 2.92. The number of hydrogen-bond acceptors (Lipinski definition) is 2. The predicted molar refractivity (Wildman–Crippen MR) is 87.0 cm³/mol. The SMILES string of the molecule is Cc1ccc(C)c(NC(=O)N[C@@H]2c3ccccc3C[C@@H]2O)c1. The van der Waals surface area contributed by atoms with Gasteiger partial charge in [0, 0.05) is 12.1 Å². The van der Waals surface area contributed by atoms with E-state index >= 15 is 0 Å². The number of aryl methyl sites for hydroxylation is 2. The first-order chi connectivity index (χ1) is 10.5. The van der Waals surface area contributed by atoms with Crippen LogP contribution in [-0.2, 0) is 6.42 Å². The Morgan fingerprint density at radius 1 is 1.18 bits per heavy atom. The molecule has 2 aromatic carbocycles. The summed E-state index contributed by atoms with van der Waals surface area (Å²) < 4.78 is 0. The van der Waals surface area contributed by atoms with Crippen molar-refractivity contribution in [1.29, 1.82) is 0 Å². The number of carbonyl (C=O) groups is 1. The highest BCUT2D eigenvalue weighted by Crippen LogP contribution is 2.31. The van der Waals surface area contributed by atoms with Crippen LogP contribution in [0.3, 0.4) is 0 Å². The Bertz CT molecular complexity index is 712. The van der Waals surface area contributed by atoms with Crippen molar-refractivity contribution in [3.8, 4) is 0 Å². The molecule has 3 rings (SSSR count). The molecule has 114 valence electrons. The molecule has 4 heteroatoms. The number of aliphatic hydroxyl groups excluding tert-OH is 1. The summed E-state index contributed by atoms with van der Waals surface area (Å²) >= 11 is 0. The molecule has 0 heterocycles. The predicted octanol–water partition coefficient (Wildman–Crippen LogP) is 3.08. The van der Waals surface area contributed by atoms with E-state index in [0.717, 1.165) is 27.9 Å². The molecule has 4 nitrogen and oxygen atoms in total. The quantitative estimate of drug-likeness (QED) is 0.797. The molecule has 2 atom stereocenters. The molecule has 22 heavy (non-hydrogen) atoms. The zero-order valence-electron chi connectivity index (χ0n) is 12.8. The molecule has 0 radical (unpaired) electrons. The fourth-order valence-electron chi connectivity index (χ4n) is 2.92. The van der Waals surface area contributed by atoms with Gasteiger partial charge in [0.1, 0.15) is 0 Å². The summed E-state index contributed by atoms with van der Waals surface area (Å²) in [7, 11) is 0. The number of benzene rings is 2. The normalized spacial score (nSPS) is 19.6. The van der Waals surface area contributed by atoms with E-state index in [2.05, 4.69) is 10.6 Å². The first-order valence-corrected chi connectivity index (χ1v) is 7.45. The van der Waals surface area contributed by atoms with Crippen LogP contribution in [0.15, 0.2) is 42.5 Å². The van der Waals surface area contributed by atoms with Crippen LogP contribution in [0.1, 0.15) is 28.3 Å². The van der Waals surface area contributed by atoms with Crippen LogP contribution in [0, 0.1) is 13.8 Å². The summed E-state index contributed by atoms with van der Waals surface area (Å²) in [6.45, 7) is 3.94. The number of carbonyl (C=O) groups excluding carboxylic acids is 1. The highest BCUT2D eigenvalue weighted by molar-refractivity contribution is 5.90. The Kier molecular flexibility index (Phi) is 3.86. The molecule has 1 aliphatic rings. The molecule has 1 aliphatic carbocycles. The minimum atomic E-state index is -0.582. The van der Waals surface area contributed by atoms with Gasteiger partial charge in [-0.25, -0.2) is 4.79 Å². The van der Waals surface area contributed by atoms with Crippen molar-refractivity contribution in [3.05, 3.63) is 64.7 Å². The van der Waals surface area contributed by atoms with Gasteiger partial charge in [0.25, 0.3) is 0 Å². The molecule has 0 fully saturated rings. The van der Waals surface area contributed by atoms with Gasteiger partial charge in [-0.05, 0) is 42.2 Å². The topological polar surface area (TPSA) is 61.4 Å². The first kappa shape index (κ1) is 14.6. The van der Waals surface area contributed by atoms with Crippen molar-refractivity contribution in [1.82, 2.24) is 5.32 Å². The Labute approximate surface area is 130 Å². The number of anilines is 1. The lowest BCUT2D eigenvalue weighted by molar-refractivity contribution is 0.144. The molecule has 2 aromatic rings. The third-order valence-corrected chi connectivity index (χ3v) is 4.13. The van der Waals surface area contributed by atoms with E-state index in [-0.39, 0.29) is 12.1 Å². The maximum absolute atomic E-state index is 12.3. The number of urea groups is 1. The number of nitrogens with one attached hydrogen (secondary N) is 2. The van der Waals surface area contributed by atoms with Crippen LogP contribution in [0.25, 0.3) is 0 Å². The zero-order chi connectivity index (χ0) is 15.7. The number of aliphatic hydroxyl groups is 1. The Morgan fingerprint density at radius 2 is 1.95 bits per heavy atom. The van der Waals surface area contributed by atoms with E-state index < -0.39 is 6.10 Å². The second kappa shape index (κ2) is 5.81. The van der Waals surface area contributed by atoms with Gasteiger partial charge >= 0.3 is 6.03 Å². The maximum atomic E-state index is 12.3. The molecule has 0 bridgehead atoms. The van der Waals surface area contributed by atoms with Gasteiger partial charge in [0.05, 0.1) is 12.1 Å². The van der Waals surface area contributed by atoms with Gasteiger partial charge in [-0.3, -0.25) is 0 Å². The van der Waals surface area contributed by atoms with Crippen LogP contribution in [0.4, 0.5) is 10.5 Å². The lowest BCUT2D eigenvalue weighted by Gasteiger charge is -2.19. The number of hydrogen-bond donors (Lipinski definition) is 3. The zero-order valence-corrected chi connectivity index (χ0v) is 12.8. The summed E-state index contributed by atoms with van der Waals surface area (Å²) in [6, 6.07) is 13.1. The summed E-state index contributed by atoms with van der Waals surface area (Å²) in [6.07, 6.45) is -0.00771. The largest absolute Gasteiger partial charge is 0.390 e. The minimum Gasteiger partial charge on any atom is -0.390 e. The second-order valence-corrected chi connectivity index (χ2v) is 5.86. The Hall–Kier alpha value is -2.33. The Balaban J connectivity index is 1.73. The van der Waals surface area contributed by atoms with Crippen molar-refractivity contribution < 1.29 is 9.90 Å². The molecule has 0 spiro atoms. The van der Waals surface area contributed by atoms with Crippen LogP contribution < -0.4 is 10.6 Å². The van der Waals surface area contributed by atoms with Crippen molar-refractivity contribution in [2.24, 2.45) is 0 Å². The van der Waals surface area contributed by atoms with E-state index in [1.165, 1.54) is 0 Å². The first-order valence-electron chi connectivity index (χ1n) is 7.45. The number of rotatable bonds is 2. The van der Waals surface area contributed by atoms with Gasteiger partial charge in [0.2, 0.25) is 0 Å². The molecular formula is C18H20N2O2. The average Bonchev–Trinajstić information content (AvgIpc) is 2.79. The van der Waals surface area contributed by atoms with Crippen molar-refractivity contribution in [3.63, 3.8) is 0 Å². The highest BCUT2D eigenvalue weighted by Gasteiger charge is 2.31.